The molecule has 0 spiro atoms. The van der Waals surface area contributed by atoms with E-state index >= 15 is 0 Å². The first kappa shape index (κ1) is 9.62. The van der Waals surface area contributed by atoms with E-state index in [4.69, 9.17) is 0 Å². The molecular weight excluding hydrogens is 176 g/mol. The Balaban J connectivity index is 2.10. The molecule has 14 heavy (non-hydrogen) atoms. The molecule has 0 aromatic carbocycles. The van der Waals surface area contributed by atoms with Crippen molar-refractivity contribution < 1.29 is 5.11 Å². The van der Waals surface area contributed by atoms with Gasteiger partial charge in [0, 0.05) is 24.4 Å². The molecule has 2 heterocycles. The first-order chi connectivity index (χ1) is 6.71. The number of nitrogens with one attached hydrogen (secondary N) is 1. The van der Waals surface area contributed by atoms with Gasteiger partial charge < -0.3 is 10.4 Å². The SMILES string of the molecule is CC1NCCC1(O)Cc1ccccn1. The van der Waals surface area contributed by atoms with Gasteiger partial charge in [0.05, 0.1) is 5.60 Å². The largest absolute Gasteiger partial charge is 0.388 e. The molecule has 0 saturated carbocycles. The molecule has 0 amide bonds. The average molecular weight is 192 g/mol. The quantitative estimate of drug-likeness (QED) is 0.726. The van der Waals surface area contributed by atoms with Gasteiger partial charge in [-0.05, 0) is 32.0 Å². The predicted octanol–water partition coefficient (Wildman–Crippen LogP) is 0.737. The zero-order valence-corrected chi connectivity index (χ0v) is 8.40. The van der Waals surface area contributed by atoms with E-state index in [0.717, 1.165) is 18.7 Å². The molecule has 2 N–H and O–H groups in total. The molecule has 3 nitrogen and oxygen atoms in total. The number of hydrogen-bond donors (Lipinski definition) is 2. The van der Waals surface area contributed by atoms with Gasteiger partial charge in [0.2, 0.25) is 0 Å². The molecular formula is C11H16N2O. The standard InChI is InChI=1S/C11H16N2O/c1-9-11(14,5-7-12-9)8-10-4-2-3-6-13-10/h2-4,6,9,12,14H,5,7-8H2,1H3. The summed E-state index contributed by atoms with van der Waals surface area (Å²) in [6, 6.07) is 5.97. The van der Waals surface area contributed by atoms with Crippen LogP contribution in [0.15, 0.2) is 24.4 Å². The minimum atomic E-state index is -0.617. The van der Waals surface area contributed by atoms with Gasteiger partial charge in [-0.25, -0.2) is 0 Å². The number of nitrogens with zero attached hydrogens (tertiary/aromatic N) is 1. The summed E-state index contributed by atoms with van der Waals surface area (Å²) < 4.78 is 0. The zero-order chi connectivity index (χ0) is 10.0. The lowest BCUT2D eigenvalue weighted by molar-refractivity contribution is 0.0326. The third-order valence-corrected chi connectivity index (χ3v) is 3.03. The molecule has 1 aromatic heterocycles. The minimum absolute atomic E-state index is 0.157. The van der Waals surface area contributed by atoms with Crippen LogP contribution < -0.4 is 5.32 Å². The maximum Gasteiger partial charge on any atom is 0.0864 e. The molecule has 1 aromatic rings. The van der Waals surface area contributed by atoms with Gasteiger partial charge in [-0.15, -0.1) is 0 Å². The maximum atomic E-state index is 10.3. The van der Waals surface area contributed by atoms with Crippen molar-refractivity contribution in [3.05, 3.63) is 30.1 Å². The van der Waals surface area contributed by atoms with Gasteiger partial charge in [-0.1, -0.05) is 6.07 Å². The summed E-state index contributed by atoms with van der Waals surface area (Å²) in [6.07, 6.45) is 3.22. The second-order valence-corrected chi connectivity index (χ2v) is 4.03. The van der Waals surface area contributed by atoms with Crippen molar-refractivity contribution in [2.75, 3.05) is 6.54 Å². The lowest BCUT2D eigenvalue weighted by Gasteiger charge is -2.26. The van der Waals surface area contributed by atoms with Gasteiger partial charge >= 0.3 is 0 Å². The van der Waals surface area contributed by atoms with Crippen LogP contribution in [0.1, 0.15) is 19.0 Å². The van der Waals surface area contributed by atoms with Gasteiger partial charge in [-0.2, -0.15) is 0 Å². The van der Waals surface area contributed by atoms with Crippen LogP contribution >= 0.6 is 0 Å². The number of hydrogen-bond acceptors (Lipinski definition) is 3. The van der Waals surface area contributed by atoms with Crippen LogP contribution in [-0.4, -0.2) is 28.3 Å². The van der Waals surface area contributed by atoms with E-state index in [1.54, 1.807) is 6.20 Å². The molecule has 1 aliphatic rings. The van der Waals surface area contributed by atoms with E-state index in [2.05, 4.69) is 10.3 Å². The molecule has 2 rings (SSSR count). The highest BCUT2D eigenvalue weighted by Gasteiger charge is 2.38. The molecule has 0 bridgehead atoms. The van der Waals surface area contributed by atoms with Crippen molar-refractivity contribution in [1.29, 1.82) is 0 Å². The highest BCUT2D eigenvalue weighted by atomic mass is 16.3. The Hall–Kier alpha value is -0.930. The number of aliphatic hydroxyl groups is 1. The summed E-state index contributed by atoms with van der Waals surface area (Å²) >= 11 is 0. The van der Waals surface area contributed by atoms with Gasteiger partial charge in [0.15, 0.2) is 0 Å². The Bertz CT molecular complexity index is 301. The normalized spacial score (nSPS) is 32.0. The lowest BCUT2D eigenvalue weighted by atomic mass is 9.90. The second kappa shape index (κ2) is 3.67. The molecule has 2 unspecified atom stereocenters. The summed E-state index contributed by atoms with van der Waals surface area (Å²) in [5, 5.41) is 13.6. The third-order valence-electron chi connectivity index (χ3n) is 3.03. The smallest absolute Gasteiger partial charge is 0.0864 e. The maximum absolute atomic E-state index is 10.3. The summed E-state index contributed by atoms with van der Waals surface area (Å²) in [4.78, 5) is 4.23. The van der Waals surface area contributed by atoms with Crippen molar-refractivity contribution in [3.63, 3.8) is 0 Å². The zero-order valence-electron chi connectivity index (χ0n) is 8.40. The molecule has 3 heteroatoms. The van der Waals surface area contributed by atoms with Gasteiger partial charge in [0.1, 0.15) is 0 Å². The minimum Gasteiger partial charge on any atom is -0.388 e. The van der Waals surface area contributed by atoms with Crippen LogP contribution in [0, 0.1) is 0 Å². The lowest BCUT2D eigenvalue weighted by Crippen LogP contribution is -2.42. The van der Waals surface area contributed by atoms with E-state index in [-0.39, 0.29) is 6.04 Å². The fourth-order valence-electron chi connectivity index (χ4n) is 1.97. The van der Waals surface area contributed by atoms with Gasteiger partial charge in [0.25, 0.3) is 0 Å². The monoisotopic (exact) mass is 192 g/mol. The highest BCUT2D eigenvalue weighted by molar-refractivity contribution is 5.10. The third kappa shape index (κ3) is 1.79. The van der Waals surface area contributed by atoms with Crippen LogP contribution in [0.2, 0.25) is 0 Å². The van der Waals surface area contributed by atoms with Crippen LogP contribution in [0.5, 0.6) is 0 Å². The molecule has 1 aliphatic heterocycles. The number of aromatic nitrogens is 1. The molecule has 0 aliphatic carbocycles. The summed E-state index contributed by atoms with van der Waals surface area (Å²) in [6.45, 7) is 2.92. The van der Waals surface area contributed by atoms with Crippen molar-refractivity contribution in [1.82, 2.24) is 10.3 Å². The first-order valence-electron chi connectivity index (χ1n) is 5.06. The first-order valence-corrected chi connectivity index (χ1v) is 5.06. The van der Waals surface area contributed by atoms with E-state index in [0.29, 0.717) is 6.42 Å². The number of pyridine rings is 1. The summed E-state index contributed by atoms with van der Waals surface area (Å²) in [5.74, 6) is 0. The van der Waals surface area contributed by atoms with Crippen molar-refractivity contribution in [2.45, 2.75) is 31.4 Å². The topological polar surface area (TPSA) is 45.1 Å². The van der Waals surface area contributed by atoms with Gasteiger partial charge in [-0.3, -0.25) is 4.98 Å². The Morgan fingerprint density at radius 3 is 3.07 bits per heavy atom. The number of rotatable bonds is 2. The average Bonchev–Trinajstić information content (AvgIpc) is 2.48. The van der Waals surface area contributed by atoms with Crippen LogP contribution in [0.4, 0.5) is 0 Å². The Morgan fingerprint density at radius 2 is 2.50 bits per heavy atom. The molecule has 0 radical (unpaired) electrons. The highest BCUT2D eigenvalue weighted by Crippen LogP contribution is 2.24. The molecule has 76 valence electrons. The summed E-state index contributed by atoms with van der Waals surface area (Å²) in [5.41, 5.74) is 0.347. The van der Waals surface area contributed by atoms with Crippen molar-refractivity contribution >= 4 is 0 Å². The van der Waals surface area contributed by atoms with E-state index in [1.807, 2.05) is 25.1 Å². The van der Waals surface area contributed by atoms with Crippen molar-refractivity contribution in [3.8, 4) is 0 Å². The van der Waals surface area contributed by atoms with Crippen molar-refractivity contribution in [2.24, 2.45) is 0 Å². The predicted molar refractivity (Wildman–Crippen MR) is 55.0 cm³/mol. The van der Waals surface area contributed by atoms with Crippen LogP contribution in [0.3, 0.4) is 0 Å². The van der Waals surface area contributed by atoms with E-state index < -0.39 is 5.60 Å². The van der Waals surface area contributed by atoms with E-state index in [9.17, 15) is 5.11 Å². The summed E-state index contributed by atoms with van der Waals surface area (Å²) in [7, 11) is 0. The second-order valence-electron chi connectivity index (χ2n) is 4.03. The Morgan fingerprint density at radius 1 is 1.64 bits per heavy atom. The fraction of sp³-hybridized carbons (Fsp3) is 0.545. The molecule has 1 fully saturated rings. The Labute approximate surface area is 84.2 Å². The Kier molecular flexibility index (Phi) is 2.52. The van der Waals surface area contributed by atoms with E-state index in [1.165, 1.54) is 0 Å². The molecule has 2 atom stereocenters. The van der Waals surface area contributed by atoms with Crippen LogP contribution in [-0.2, 0) is 6.42 Å². The molecule has 1 saturated heterocycles. The fourth-order valence-corrected chi connectivity index (χ4v) is 1.97. The van der Waals surface area contributed by atoms with Crippen LogP contribution in [0.25, 0.3) is 0 Å².